The highest BCUT2D eigenvalue weighted by Gasteiger charge is 2.36. The summed E-state index contributed by atoms with van der Waals surface area (Å²) in [5, 5.41) is 3.75. The fourth-order valence-electron chi connectivity index (χ4n) is 4.82. The molecule has 0 aromatic heterocycles. The first-order chi connectivity index (χ1) is 13.8. The number of benzene rings is 1. The summed E-state index contributed by atoms with van der Waals surface area (Å²) in [5.41, 5.74) is 0. The number of likely N-dealkylation sites (tertiary alicyclic amines) is 1. The lowest BCUT2D eigenvalue weighted by atomic mass is 10.1. The Balaban J connectivity index is 1.34. The Kier molecular flexibility index (Phi) is 6.81. The Bertz CT molecular complexity index is 641. The smallest absolute Gasteiger partial charge is 0.193 e. The van der Waals surface area contributed by atoms with E-state index in [1.165, 1.54) is 37.0 Å². The SMILES string of the molecule is CN=C(NCC1(Sc2ccccc2)CCCC1)N1CCC(N2CCOCC2)C1. The summed E-state index contributed by atoms with van der Waals surface area (Å²) in [6.07, 6.45) is 6.47. The molecule has 2 heterocycles. The van der Waals surface area contributed by atoms with Crippen molar-refractivity contribution in [1.82, 2.24) is 15.1 Å². The molecule has 1 N–H and O–H groups in total. The average Bonchev–Trinajstić information content (AvgIpc) is 3.41. The van der Waals surface area contributed by atoms with Crippen LogP contribution in [0.15, 0.2) is 40.2 Å². The third-order valence-corrected chi connectivity index (χ3v) is 7.89. The number of guanidine groups is 1. The predicted molar refractivity (Wildman–Crippen MR) is 117 cm³/mol. The van der Waals surface area contributed by atoms with Crippen LogP contribution in [0.2, 0.25) is 0 Å². The highest BCUT2D eigenvalue weighted by molar-refractivity contribution is 8.00. The van der Waals surface area contributed by atoms with Gasteiger partial charge in [-0.05, 0) is 31.4 Å². The van der Waals surface area contributed by atoms with Crippen molar-refractivity contribution in [1.29, 1.82) is 0 Å². The highest BCUT2D eigenvalue weighted by atomic mass is 32.2. The van der Waals surface area contributed by atoms with E-state index in [9.17, 15) is 0 Å². The number of rotatable bonds is 5. The lowest BCUT2D eigenvalue weighted by molar-refractivity contribution is 0.0195. The molecule has 1 saturated carbocycles. The molecule has 0 bridgehead atoms. The Morgan fingerprint density at radius 3 is 2.64 bits per heavy atom. The van der Waals surface area contributed by atoms with Gasteiger partial charge >= 0.3 is 0 Å². The minimum atomic E-state index is 0.292. The highest BCUT2D eigenvalue weighted by Crippen LogP contribution is 2.44. The fraction of sp³-hybridized carbons (Fsp3) is 0.682. The van der Waals surface area contributed by atoms with Gasteiger partial charge < -0.3 is 15.0 Å². The van der Waals surface area contributed by atoms with E-state index in [0.29, 0.717) is 10.8 Å². The van der Waals surface area contributed by atoms with Crippen LogP contribution in [0.5, 0.6) is 0 Å². The molecule has 0 amide bonds. The van der Waals surface area contributed by atoms with Crippen molar-refractivity contribution >= 4 is 17.7 Å². The van der Waals surface area contributed by atoms with Crippen LogP contribution >= 0.6 is 11.8 Å². The second kappa shape index (κ2) is 9.51. The molecule has 1 aliphatic carbocycles. The van der Waals surface area contributed by atoms with E-state index in [2.05, 4.69) is 62.2 Å². The van der Waals surface area contributed by atoms with E-state index < -0.39 is 0 Å². The standard InChI is InChI=1S/C22H34N4OS/c1-23-21(26-12-9-19(17-26)25-13-15-27-16-14-25)24-18-22(10-5-6-11-22)28-20-7-3-2-4-8-20/h2-4,7-8,19H,5-6,9-18H2,1H3,(H,23,24). The molecule has 28 heavy (non-hydrogen) atoms. The summed E-state index contributed by atoms with van der Waals surface area (Å²) >= 11 is 2.06. The molecule has 0 spiro atoms. The van der Waals surface area contributed by atoms with Crippen LogP contribution in [0.4, 0.5) is 0 Å². The van der Waals surface area contributed by atoms with Gasteiger partial charge in [-0.1, -0.05) is 31.0 Å². The Hall–Kier alpha value is -1.24. The van der Waals surface area contributed by atoms with Crippen LogP contribution in [-0.2, 0) is 4.74 Å². The van der Waals surface area contributed by atoms with Gasteiger partial charge in [0.2, 0.25) is 0 Å². The van der Waals surface area contributed by atoms with E-state index in [0.717, 1.165) is 51.9 Å². The molecule has 3 fully saturated rings. The maximum absolute atomic E-state index is 5.52. The van der Waals surface area contributed by atoms with Gasteiger partial charge in [-0.25, -0.2) is 0 Å². The van der Waals surface area contributed by atoms with Gasteiger partial charge in [0.25, 0.3) is 0 Å². The number of nitrogens with zero attached hydrogens (tertiary/aromatic N) is 3. The quantitative estimate of drug-likeness (QED) is 0.605. The largest absolute Gasteiger partial charge is 0.379 e. The van der Waals surface area contributed by atoms with Crippen LogP contribution in [-0.4, -0.2) is 79.5 Å². The molecule has 3 aliphatic rings. The molecule has 1 atom stereocenters. The van der Waals surface area contributed by atoms with E-state index in [1.807, 2.05) is 7.05 Å². The minimum Gasteiger partial charge on any atom is -0.379 e. The zero-order chi connectivity index (χ0) is 19.2. The van der Waals surface area contributed by atoms with Gasteiger partial charge in [0.05, 0.1) is 13.2 Å². The van der Waals surface area contributed by atoms with Crippen molar-refractivity contribution in [3.63, 3.8) is 0 Å². The normalized spacial score (nSPS) is 26.0. The summed E-state index contributed by atoms with van der Waals surface area (Å²) in [4.78, 5) is 11.1. The van der Waals surface area contributed by atoms with Gasteiger partial charge in [0.15, 0.2) is 5.96 Å². The minimum absolute atomic E-state index is 0.292. The van der Waals surface area contributed by atoms with Crippen molar-refractivity contribution in [2.24, 2.45) is 4.99 Å². The molecule has 2 saturated heterocycles. The molecule has 4 rings (SSSR count). The van der Waals surface area contributed by atoms with E-state index in [4.69, 9.17) is 4.74 Å². The fourth-order valence-corrected chi connectivity index (χ4v) is 6.25. The first-order valence-corrected chi connectivity index (χ1v) is 11.6. The first kappa shape index (κ1) is 20.0. The molecule has 0 radical (unpaired) electrons. The van der Waals surface area contributed by atoms with E-state index >= 15 is 0 Å². The molecule has 2 aliphatic heterocycles. The second-order valence-corrected chi connectivity index (χ2v) is 9.78. The molecule has 1 aromatic rings. The van der Waals surface area contributed by atoms with Crippen LogP contribution in [0.25, 0.3) is 0 Å². The Morgan fingerprint density at radius 2 is 1.93 bits per heavy atom. The molecule has 5 nitrogen and oxygen atoms in total. The molecular formula is C22H34N4OS. The van der Waals surface area contributed by atoms with Crippen LogP contribution in [0, 0.1) is 0 Å². The van der Waals surface area contributed by atoms with Gasteiger partial charge in [0, 0.05) is 55.5 Å². The number of hydrogen-bond acceptors (Lipinski definition) is 4. The van der Waals surface area contributed by atoms with Crippen molar-refractivity contribution in [3.8, 4) is 0 Å². The monoisotopic (exact) mass is 402 g/mol. The van der Waals surface area contributed by atoms with Gasteiger partial charge in [-0.3, -0.25) is 9.89 Å². The number of hydrogen-bond donors (Lipinski definition) is 1. The van der Waals surface area contributed by atoms with Crippen LogP contribution in [0.3, 0.4) is 0 Å². The Labute approximate surface area is 173 Å². The summed E-state index contributed by atoms with van der Waals surface area (Å²) < 4.78 is 5.81. The number of thioether (sulfide) groups is 1. The summed E-state index contributed by atoms with van der Waals surface area (Å²) in [5.74, 6) is 1.08. The molecular weight excluding hydrogens is 368 g/mol. The third kappa shape index (κ3) is 4.84. The van der Waals surface area contributed by atoms with Crippen molar-refractivity contribution in [2.45, 2.75) is 47.8 Å². The number of aliphatic imine (C=N–C) groups is 1. The number of nitrogens with one attached hydrogen (secondary N) is 1. The van der Waals surface area contributed by atoms with Gasteiger partial charge in [-0.15, -0.1) is 11.8 Å². The zero-order valence-corrected chi connectivity index (χ0v) is 17.9. The zero-order valence-electron chi connectivity index (χ0n) is 17.1. The van der Waals surface area contributed by atoms with Crippen LogP contribution in [0.1, 0.15) is 32.1 Å². The summed E-state index contributed by atoms with van der Waals surface area (Å²) in [6, 6.07) is 11.5. The lowest BCUT2D eigenvalue weighted by Gasteiger charge is -2.33. The Morgan fingerprint density at radius 1 is 1.18 bits per heavy atom. The van der Waals surface area contributed by atoms with Crippen LogP contribution < -0.4 is 5.32 Å². The predicted octanol–water partition coefficient (Wildman–Crippen LogP) is 3.07. The second-order valence-electron chi connectivity index (χ2n) is 8.24. The van der Waals surface area contributed by atoms with Gasteiger partial charge in [-0.2, -0.15) is 0 Å². The van der Waals surface area contributed by atoms with Crippen molar-refractivity contribution in [3.05, 3.63) is 30.3 Å². The number of morpholine rings is 1. The molecule has 1 aromatic carbocycles. The van der Waals surface area contributed by atoms with E-state index in [1.54, 1.807) is 0 Å². The van der Waals surface area contributed by atoms with Crippen molar-refractivity contribution < 1.29 is 4.74 Å². The molecule has 154 valence electrons. The molecule has 6 heteroatoms. The molecule has 1 unspecified atom stereocenters. The third-order valence-electron chi connectivity index (χ3n) is 6.40. The lowest BCUT2D eigenvalue weighted by Crippen LogP contribution is -2.48. The first-order valence-electron chi connectivity index (χ1n) is 10.8. The number of ether oxygens (including phenoxy) is 1. The van der Waals surface area contributed by atoms with Crippen molar-refractivity contribution in [2.75, 3.05) is 53.0 Å². The summed E-state index contributed by atoms with van der Waals surface area (Å²) in [6.45, 7) is 7.07. The van der Waals surface area contributed by atoms with E-state index in [-0.39, 0.29) is 0 Å². The topological polar surface area (TPSA) is 40.1 Å². The maximum Gasteiger partial charge on any atom is 0.193 e. The van der Waals surface area contributed by atoms with Gasteiger partial charge in [0.1, 0.15) is 0 Å². The maximum atomic E-state index is 5.52. The average molecular weight is 403 g/mol. The summed E-state index contributed by atoms with van der Waals surface area (Å²) in [7, 11) is 1.93.